The second kappa shape index (κ2) is 6.96. The van der Waals surface area contributed by atoms with E-state index in [4.69, 9.17) is 0 Å². The second-order valence-electron chi connectivity index (χ2n) is 6.32. The Morgan fingerprint density at radius 1 is 1.04 bits per heavy atom. The number of aromatic amines is 1. The predicted octanol–water partition coefficient (Wildman–Crippen LogP) is 3.57. The van der Waals surface area contributed by atoms with Gasteiger partial charge in [0.05, 0.1) is 16.3 Å². The van der Waals surface area contributed by atoms with Gasteiger partial charge in [-0.3, -0.25) is 4.57 Å². The third kappa shape index (κ3) is 3.12. The van der Waals surface area contributed by atoms with Gasteiger partial charge in [0.1, 0.15) is 5.25 Å². The van der Waals surface area contributed by atoms with Crippen molar-refractivity contribution in [1.82, 2.24) is 9.55 Å². The highest BCUT2D eigenvalue weighted by molar-refractivity contribution is 7.91. The highest BCUT2D eigenvalue weighted by Crippen LogP contribution is 2.30. The van der Waals surface area contributed by atoms with Crippen molar-refractivity contribution < 1.29 is 8.42 Å². The normalized spacial score (nSPS) is 12.9. The number of nitrogens with one attached hydrogen (secondary N) is 1. The van der Waals surface area contributed by atoms with E-state index in [0.29, 0.717) is 17.8 Å². The van der Waals surface area contributed by atoms with Crippen LogP contribution in [0, 0.1) is 6.92 Å². The Bertz CT molecular complexity index is 1060. The summed E-state index contributed by atoms with van der Waals surface area (Å²) >= 11 is 0. The van der Waals surface area contributed by atoms with Gasteiger partial charge in [-0.25, -0.2) is 13.2 Å². The van der Waals surface area contributed by atoms with Crippen molar-refractivity contribution in [3.8, 4) is 5.69 Å². The summed E-state index contributed by atoms with van der Waals surface area (Å²) in [5.74, 6) is 0. The second-order valence-corrected chi connectivity index (χ2v) is 8.58. The maximum absolute atomic E-state index is 13.0. The first-order valence-electron chi connectivity index (χ1n) is 8.56. The third-order valence-electron chi connectivity index (χ3n) is 4.60. The van der Waals surface area contributed by atoms with Gasteiger partial charge in [-0.15, -0.1) is 0 Å². The average molecular weight is 370 g/mol. The first kappa shape index (κ1) is 18.2. The van der Waals surface area contributed by atoms with Crippen molar-refractivity contribution >= 4 is 9.84 Å². The number of nitrogens with zero attached hydrogens (tertiary/aromatic N) is 1. The summed E-state index contributed by atoms with van der Waals surface area (Å²) in [6, 6.07) is 15.9. The topological polar surface area (TPSA) is 71.9 Å². The predicted molar refractivity (Wildman–Crippen MR) is 103 cm³/mol. The Labute approximate surface area is 153 Å². The number of aryl methyl sites for hydroxylation is 1. The summed E-state index contributed by atoms with van der Waals surface area (Å²) in [4.78, 5) is 15.6. The lowest BCUT2D eigenvalue weighted by Crippen LogP contribution is -2.16. The molecule has 1 N–H and O–H groups in total. The summed E-state index contributed by atoms with van der Waals surface area (Å²) in [5, 5.41) is -0.848. The summed E-state index contributed by atoms with van der Waals surface area (Å²) in [7, 11) is -3.60. The summed E-state index contributed by atoms with van der Waals surface area (Å²) in [6.45, 7) is 5.51. The van der Waals surface area contributed by atoms with Crippen LogP contribution in [0.5, 0.6) is 0 Å². The molecule has 0 saturated heterocycles. The van der Waals surface area contributed by atoms with Gasteiger partial charge in [0.25, 0.3) is 0 Å². The standard InChI is InChI=1S/C20H22N2O3S/c1-4-18-19(15(3)26(24,25)17-8-6-5-7-9-17)21-20(23)22(18)16-12-10-14(2)11-13-16/h5-13,15H,4H2,1-3H3,(H,21,23). The fraction of sp³-hybridized carbons (Fsp3) is 0.250. The van der Waals surface area contributed by atoms with Crippen LogP contribution in [0.3, 0.4) is 0 Å². The van der Waals surface area contributed by atoms with Gasteiger partial charge in [0.15, 0.2) is 9.84 Å². The maximum Gasteiger partial charge on any atom is 0.330 e. The molecule has 0 aliphatic carbocycles. The van der Waals surface area contributed by atoms with Gasteiger partial charge in [-0.05, 0) is 44.5 Å². The van der Waals surface area contributed by atoms with E-state index >= 15 is 0 Å². The summed E-state index contributed by atoms with van der Waals surface area (Å²) in [6.07, 6.45) is 0.538. The smallest absolute Gasteiger partial charge is 0.308 e. The summed E-state index contributed by atoms with van der Waals surface area (Å²) < 4.78 is 27.5. The molecule has 0 amide bonds. The molecule has 3 aromatic rings. The molecule has 3 rings (SSSR count). The minimum atomic E-state index is -3.60. The zero-order valence-corrected chi connectivity index (χ0v) is 15.9. The molecule has 0 radical (unpaired) electrons. The molecule has 26 heavy (non-hydrogen) atoms. The van der Waals surface area contributed by atoms with E-state index < -0.39 is 15.1 Å². The van der Waals surface area contributed by atoms with Crippen LogP contribution in [0.2, 0.25) is 0 Å². The van der Waals surface area contributed by atoms with Crippen LogP contribution in [-0.2, 0) is 16.3 Å². The average Bonchev–Trinajstić information content (AvgIpc) is 2.98. The van der Waals surface area contributed by atoms with Gasteiger partial charge < -0.3 is 4.98 Å². The molecule has 0 spiro atoms. The van der Waals surface area contributed by atoms with Crippen molar-refractivity contribution in [2.75, 3.05) is 0 Å². The van der Waals surface area contributed by atoms with Crippen LogP contribution >= 0.6 is 0 Å². The van der Waals surface area contributed by atoms with Gasteiger partial charge >= 0.3 is 5.69 Å². The van der Waals surface area contributed by atoms with E-state index in [1.54, 1.807) is 41.8 Å². The zero-order chi connectivity index (χ0) is 18.9. The lowest BCUT2D eigenvalue weighted by molar-refractivity contribution is 0.584. The maximum atomic E-state index is 13.0. The third-order valence-corrected chi connectivity index (χ3v) is 6.69. The number of sulfone groups is 1. The quantitative estimate of drug-likeness (QED) is 0.746. The number of benzene rings is 2. The Hall–Kier alpha value is -2.60. The molecule has 136 valence electrons. The fourth-order valence-electron chi connectivity index (χ4n) is 3.11. The van der Waals surface area contributed by atoms with Crippen LogP contribution in [0.4, 0.5) is 0 Å². The highest BCUT2D eigenvalue weighted by atomic mass is 32.2. The minimum absolute atomic E-state index is 0.249. The largest absolute Gasteiger partial charge is 0.330 e. The first-order chi connectivity index (χ1) is 12.4. The van der Waals surface area contributed by atoms with Crippen LogP contribution in [0.1, 0.15) is 36.0 Å². The van der Waals surface area contributed by atoms with Crippen molar-refractivity contribution in [2.24, 2.45) is 0 Å². The Balaban J connectivity index is 2.13. The molecular weight excluding hydrogens is 348 g/mol. The number of rotatable bonds is 5. The molecule has 6 heteroatoms. The Morgan fingerprint density at radius 2 is 1.65 bits per heavy atom. The first-order valence-corrected chi connectivity index (χ1v) is 10.1. The molecule has 0 bridgehead atoms. The molecule has 0 aliphatic heterocycles. The van der Waals surface area contributed by atoms with Crippen LogP contribution in [0.15, 0.2) is 64.3 Å². The number of H-pyrrole nitrogens is 1. The molecule has 1 unspecified atom stereocenters. The molecule has 1 atom stereocenters. The molecule has 5 nitrogen and oxygen atoms in total. The SMILES string of the molecule is CCc1c(C(C)S(=O)(=O)c2ccccc2)[nH]c(=O)n1-c1ccc(C)cc1. The molecule has 0 aliphatic rings. The lowest BCUT2D eigenvalue weighted by atomic mass is 10.2. The number of imidazole rings is 1. The van der Waals surface area contributed by atoms with E-state index in [-0.39, 0.29) is 10.6 Å². The van der Waals surface area contributed by atoms with Crippen molar-refractivity contribution in [3.05, 3.63) is 82.0 Å². The van der Waals surface area contributed by atoms with E-state index in [0.717, 1.165) is 11.3 Å². The van der Waals surface area contributed by atoms with Crippen LogP contribution in [-0.4, -0.2) is 18.0 Å². The van der Waals surface area contributed by atoms with Crippen molar-refractivity contribution in [2.45, 2.75) is 37.3 Å². The van der Waals surface area contributed by atoms with E-state index in [1.807, 2.05) is 38.1 Å². The number of hydrogen-bond donors (Lipinski definition) is 1. The fourth-order valence-corrected chi connectivity index (χ4v) is 4.56. The lowest BCUT2D eigenvalue weighted by Gasteiger charge is -2.14. The number of aromatic nitrogens is 2. The zero-order valence-electron chi connectivity index (χ0n) is 15.1. The van der Waals surface area contributed by atoms with Gasteiger partial charge in [-0.2, -0.15) is 0 Å². The van der Waals surface area contributed by atoms with Gasteiger partial charge in [-0.1, -0.05) is 42.8 Å². The van der Waals surface area contributed by atoms with Gasteiger partial charge in [0, 0.05) is 5.69 Å². The van der Waals surface area contributed by atoms with E-state index in [9.17, 15) is 13.2 Å². The molecule has 0 fully saturated rings. The molecule has 2 aromatic carbocycles. The van der Waals surface area contributed by atoms with Crippen molar-refractivity contribution in [1.29, 1.82) is 0 Å². The molecule has 1 aromatic heterocycles. The van der Waals surface area contributed by atoms with Gasteiger partial charge in [0.2, 0.25) is 0 Å². The van der Waals surface area contributed by atoms with Crippen molar-refractivity contribution in [3.63, 3.8) is 0 Å². The van der Waals surface area contributed by atoms with E-state index in [1.165, 1.54) is 0 Å². The van der Waals surface area contributed by atoms with E-state index in [2.05, 4.69) is 4.98 Å². The number of hydrogen-bond acceptors (Lipinski definition) is 3. The Morgan fingerprint density at radius 3 is 2.23 bits per heavy atom. The molecule has 1 heterocycles. The van der Waals surface area contributed by atoms with Crippen LogP contribution < -0.4 is 5.69 Å². The molecular formula is C20H22N2O3S. The minimum Gasteiger partial charge on any atom is -0.308 e. The van der Waals surface area contributed by atoms with Crippen LogP contribution in [0.25, 0.3) is 5.69 Å². The Kier molecular flexibility index (Phi) is 4.87. The highest BCUT2D eigenvalue weighted by Gasteiger charge is 2.29. The summed E-state index contributed by atoms with van der Waals surface area (Å²) in [5.41, 5.74) is 2.63. The molecule has 0 saturated carbocycles. The monoisotopic (exact) mass is 370 g/mol.